The molecule has 0 aromatic heterocycles. The summed E-state index contributed by atoms with van der Waals surface area (Å²) < 4.78 is 46.1. The second kappa shape index (κ2) is 5.50. The minimum Gasteiger partial charge on any atom is -0.251 e. The summed E-state index contributed by atoms with van der Waals surface area (Å²) in [7, 11) is 0. The van der Waals surface area contributed by atoms with E-state index in [0.29, 0.717) is 0 Å². The predicted molar refractivity (Wildman–Crippen MR) is 30.7 cm³/mol. The highest BCUT2D eigenvalue weighted by Gasteiger charge is 2.17. The van der Waals surface area contributed by atoms with Crippen LogP contribution < -0.4 is 0 Å². The van der Waals surface area contributed by atoms with Crippen molar-refractivity contribution in [3.05, 3.63) is 0 Å². The van der Waals surface area contributed by atoms with Crippen molar-refractivity contribution in [1.29, 1.82) is 0 Å². The van der Waals surface area contributed by atoms with Crippen LogP contribution >= 0.6 is 0 Å². The summed E-state index contributed by atoms with van der Waals surface area (Å²) >= 11 is 0. The Kier molecular flexibility index (Phi) is 5.35. The lowest BCUT2D eigenvalue weighted by molar-refractivity contribution is 0.0438. The van der Waals surface area contributed by atoms with Crippen molar-refractivity contribution in [2.24, 2.45) is 0 Å². The third kappa shape index (κ3) is 4.58. The van der Waals surface area contributed by atoms with Crippen molar-refractivity contribution in [2.75, 3.05) is 6.67 Å². The van der Waals surface area contributed by atoms with Crippen molar-refractivity contribution in [2.45, 2.75) is 31.9 Å². The number of rotatable bonds is 5. The van der Waals surface area contributed by atoms with E-state index >= 15 is 0 Å². The Morgan fingerprint density at radius 1 is 1.00 bits per heavy atom. The molecule has 1 unspecified atom stereocenters. The lowest BCUT2D eigenvalue weighted by Gasteiger charge is -2.04. The molecule has 1 atom stereocenters. The van der Waals surface area contributed by atoms with E-state index in [1.807, 2.05) is 0 Å². The molecule has 0 nitrogen and oxygen atoms in total. The van der Waals surface area contributed by atoms with Gasteiger partial charge in [-0.3, -0.25) is 4.39 Å². The maximum atomic E-state index is 12.0. The summed E-state index contributed by atoms with van der Waals surface area (Å²) in [5, 5.41) is 0. The Morgan fingerprint density at radius 3 is 2.00 bits per heavy atom. The summed E-state index contributed by atoms with van der Waals surface area (Å²) in [5.74, 6) is 0. The molecular weight excluding hydrogens is 148 g/mol. The van der Waals surface area contributed by atoms with E-state index in [0.717, 1.165) is 0 Å². The van der Waals surface area contributed by atoms with Gasteiger partial charge in [-0.1, -0.05) is 0 Å². The number of unbranched alkanes of at least 4 members (excludes halogenated alkanes) is 1. The average molecular weight is 158 g/mol. The van der Waals surface area contributed by atoms with Crippen molar-refractivity contribution >= 4 is 0 Å². The molecule has 0 fully saturated rings. The molecular formula is C6H10F4. The minimum atomic E-state index is -2.92. The van der Waals surface area contributed by atoms with Gasteiger partial charge in [0.15, 0.2) is 6.17 Å². The van der Waals surface area contributed by atoms with E-state index in [1.54, 1.807) is 0 Å². The van der Waals surface area contributed by atoms with E-state index in [-0.39, 0.29) is 19.3 Å². The first-order valence-electron chi connectivity index (χ1n) is 3.16. The van der Waals surface area contributed by atoms with Gasteiger partial charge >= 0.3 is 0 Å². The third-order valence-corrected chi connectivity index (χ3v) is 1.14. The summed E-state index contributed by atoms with van der Waals surface area (Å²) in [6.07, 6.45) is -4.86. The van der Waals surface area contributed by atoms with Crippen LogP contribution in [0.5, 0.6) is 0 Å². The summed E-state index contributed by atoms with van der Waals surface area (Å²) in [4.78, 5) is 0. The van der Waals surface area contributed by atoms with Crippen LogP contribution in [0.3, 0.4) is 0 Å². The molecule has 0 N–H and O–H groups in total. The minimum absolute atomic E-state index is 0.174. The standard InChI is InChI=1S/C6H10F4/c7-4-2-1-3-5(8)6(9)10/h5-6H,1-4H2. The molecule has 0 aromatic rings. The molecule has 0 radical (unpaired) electrons. The molecule has 4 heteroatoms. The molecule has 0 saturated carbocycles. The zero-order valence-electron chi connectivity index (χ0n) is 5.49. The Hall–Kier alpha value is -0.280. The highest BCUT2D eigenvalue weighted by atomic mass is 19.3. The van der Waals surface area contributed by atoms with Crippen LogP contribution in [0.15, 0.2) is 0 Å². The van der Waals surface area contributed by atoms with Crippen LogP contribution in [0.1, 0.15) is 19.3 Å². The molecule has 62 valence electrons. The van der Waals surface area contributed by atoms with E-state index in [4.69, 9.17) is 0 Å². The van der Waals surface area contributed by atoms with Crippen LogP contribution in [0.4, 0.5) is 17.6 Å². The molecule has 0 spiro atoms. The molecule has 0 amide bonds. The van der Waals surface area contributed by atoms with Crippen molar-refractivity contribution in [3.63, 3.8) is 0 Å². The van der Waals surface area contributed by atoms with E-state index in [2.05, 4.69) is 0 Å². The number of alkyl halides is 4. The van der Waals surface area contributed by atoms with E-state index < -0.39 is 19.3 Å². The molecule has 0 rings (SSSR count). The SMILES string of the molecule is FCCCCC(F)C(F)F. The monoisotopic (exact) mass is 158 g/mol. The van der Waals surface area contributed by atoms with Gasteiger partial charge in [0.05, 0.1) is 6.67 Å². The van der Waals surface area contributed by atoms with Gasteiger partial charge in [-0.2, -0.15) is 0 Å². The molecule has 0 bridgehead atoms. The number of hydrogen-bond acceptors (Lipinski definition) is 0. The van der Waals surface area contributed by atoms with Gasteiger partial charge in [-0.05, 0) is 19.3 Å². The molecule has 0 aromatic carbocycles. The van der Waals surface area contributed by atoms with E-state index in [1.165, 1.54) is 0 Å². The van der Waals surface area contributed by atoms with Crippen LogP contribution in [-0.2, 0) is 0 Å². The summed E-state index contributed by atoms with van der Waals surface area (Å²) in [5.41, 5.74) is 0. The van der Waals surface area contributed by atoms with E-state index in [9.17, 15) is 17.6 Å². The lowest BCUT2D eigenvalue weighted by atomic mass is 10.2. The summed E-state index contributed by atoms with van der Waals surface area (Å²) in [6.45, 7) is -0.560. The fourth-order valence-corrected chi connectivity index (χ4v) is 0.560. The zero-order chi connectivity index (χ0) is 7.98. The lowest BCUT2D eigenvalue weighted by Crippen LogP contribution is -2.11. The molecule has 0 aliphatic heterocycles. The normalized spacial score (nSPS) is 14.1. The predicted octanol–water partition coefficient (Wildman–Crippen LogP) is 2.73. The first kappa shape index (κ1) is 9.72. The van der Waals surface area contributed by atoms with Gasteiger partial charge in [-0.25, -0.2) is 13.2 Å². The molecule has 0 aliphatic carbocycles. The van der Waals surface area contributed by atoms with Crippen molar-refractivity contribution in [1.82, 2.24) is 0 Å². The van der Waals surface area contributed by atoms with Crippen LogP contribution in [0.25, 0.3) is 0 Å². The highest BCUT2D eigenvalue weighted by Crippen LogP contribution is 2.12. The van der Waals surface area contributed by atoms with Gasteiger partial charge in [0.2, 0.25) is 0 Å². The Balaban J connectivity index is 3.13. The first-order valence-corrected chi connectivity index (χ1v) is 3.16. The van der Waals surface area contributed by atoms with Crippen molar-refractivity contribution in [3.8, 4) is 0 Å². The van der Waals surface area contributed by atoms with Gasteiger partial charge in [0.25, 0.3) is 6.43 Å². The fourth-order valence-electron chi connectivity index (χ4n) is 0.560. The van der Waals surface area contributed by atoms with Gasteiger partial charge in [0.1, 0.15) is 0 Å². The Bertz CT molecular complexity index is 74.1. The van der Waals surface area contributed by atoms with Gasteiger partial charge < -0.3 is 0 Å². The Labute approximate surface area is 57.2 Å². The largest absolute Gasteiger partial charge is 0.269 e. The highest BCUT2D eigenvalue weighted by molar-refractivity contribution is 4.57. The van der Waals surface area contributed by atoms with Crippen LogP contribution in [0.2, 0.25) is 0 Å². The molecule has 0 heterocycles. The number of halogens is 4. The maximum Gasteiger partial charge on any atom is 0.269 e. The summed E-state index contributed by atoms with van der Waals surface area (Å²) in [6, 6.07) is 0. The first-order chi connectivity index (χ1) is 4.68. The molecule has 10 heavy (non-hydrogen) atoms. The zero-order valence-corrected chi connectivity index (χ0v) is 5.49. The smallest absolute Gasteiger partial charge is 0.251 e. The van der Waals surface area contributed by atoms with Crippen molar-refractivity contribution < 1.29 is 17.6 Å². The van der Waals surface area contributed by atoms with Gasteiger partial charge in [0, 0.05) is 0 Å². The van der Waals surface area contributed by atoms with Crippen LogP contribution in [0, 0.1) is 0 Å². The Morgan fingerprint density at radius 2 is 1.60 bits per heavy atom. The maximum absolute atomic E-state index is 12.0. The second-order valence-electron chi connectivity index (χ2n) is 2.04. The second-order valence-corrected chi connectivity index (χ2v) is 2.04. The van der Waals surface area contributed by atoms with Gasteiger partial charge in [-0.15, -0.1) is 0 Å². The average Bonchev–Trinajstić information content (AvgIpc) is 1.88. The number of hydrogen-bond donors (Lipinski definition) is 0. The molecule has 0 aliphatic rings. The molecule has 0 saturated heterocycles. The topological polar surface area (TPSA) is 0 Å². The quantitative estimate of drug-likeness (QED) is 0.426. The fraction of sp³-hybridized carbons (Fsp3) is 1.00. The third-order valence-electron chi connectivity index (χ3n) is 1.14. The van der Waals surface area contributed by atoms with Crippen LogP contribution in [-0.4, -0.2) is 19.3 Å².